The van der Waals surface area contributed by atoms with E-state index in [1.54, 1.807) is 13.0 Å². The summed E-state index contributed by atoms with van der Waals surface area (Å²) >= 11 is 0. The average molecular weight is 363 g/mol. The number of methoxy groups -OCH3 is 1. The summed E-state index contributed by atoms with van der Waals surface area (Å²) in [5, 5.41) is 0. The highest BCUT2D eigenvalue weighted by atomic mass is 35.5. The van der Waals surface area contributed by atoms with Crippen LogP contribution >= 0.6 is 12.4 Å². The summed E-state index contributed by atoms with van der Waals surface area (Å²) in [7, 11) is -2.48. The van der Waals surface area contributed by atoms with Crippen molar-refractivity contribution in [1.82, 2.24) is 4.72 Å². The molecule has 0 atom stereocenters. The minimum Gasteiger partial charge on any atom is -0.465 e. The van der Waals surface area contributed by atoms with E-state index in [4.69, 9.17) is 5.73 Å². The summed E-state index contributed by atoms with van der Waals surface area (Å²) in [4.78, 5) is 11.8. The van der Waals surface area contributed by atoms with Gasteiger partial charge < -0.3 is 10.5 Å². The number of carbonyl (C=O) groups excluding carboxylic acids is 1. The van der Waals surface area contributed by atoms with Gasteiger partial charge in [0.15, 0.2) is 0 Å². The number of ether oxygens (including phenoxy) is 1. The van der Waals surface area contributed by atoms with Crippen LogP contribution in [0.2, 0.25) is 0 Å². The number of carbonyl (C=O) groups is 1. The number of halogens is 1. The Labute approximate surface area is 143 Å². The van der Waals surface area contributed by atoms with Gasteiger partial charge in [-0.25, -0.2) is 17.9 Å². The van der Waals surface area contributed by atoms with Crippen molar-refractivity contribution in [2.45, 2.75) is 43.0 Å². The van der Waals surface area contributed by atoms with Crippen molar-refractivity contribution >= 4 is 28.4 Å². The first-order valence-electron chi connectivity index (χ1n) is 7.27. The fourth-order valence-corrected chi connectivity index (χ4v) is 4.71. The molecular weight excluding hydrogens is 340 g/mol. The third-order valence-corrected chi connectivity index (χ3v) is 6.00. The van der Waals surface area contributed by atoms with E-state index >= 15 is 0 Å². The van der Waals surface area contributed by atoms with Gasteiger partial charge in [-0.1, -0.05) is 18.9 Å². The summed E-state index contributed by atoms with van der Waals surface area (Å²) in [6.45, 7) is 1.87. The molecule has 1 aromatic rings. The van der Waals surface area contributed by atoms with Gasteiger partial charge in [-0.3, -0.25) is 0 Å². The largest absolute Gasteiger partial charge is 0.465 e. The predicted molar refractivity (Wildman–Crippen MR) is 90.3 cm³/mol. The van der Waals surface area contributed by atoms with Gasteiger partial charge in [0.05, 0.1) is 17.6 Å². The van der Waals surface area contributed by atoms with Gasteiger partial charge in [-0.05, 0) is 37.5 Å². The number of benzene rings is 1. The van der Waals surface area contributed by atoms with Crippen molar-refractivity contribution in [2.75, 3.05) is 13.7 Å². The van der Waals surface area contributed by atoms with Crippen molar-refractivity contribution in [2.24, 2.45) is 5.73 Å². The minimum absolute atomic E-state index is 0. The van der Waals surface area contributed by atoms with Gasteiger partial charge in [0.25, 0.3) is 0 Å². The van der Waals surface area contributed by atoms with Gasteiger partial charge in [0.2, 0.25) is 10.0 Å². The number of hydrogen-bond donors (Lipinski definition) is 2. The number of hydrogen-bond acceptors (Lipinski definition) is 5. The zero-order valence-corrected chi connectivity index (χ0v) is 14.9. The molecule has 8 heteroatoms. The number of rotatable bonds is 5. The Morgan fingerprint density at radius 2 is 1.96 bits per heavy atom. The summed E-state index contributed by atoms with van der Waals surface area (Å²) < 4.78 is 32.9. The molecule has 0 unspecified atom stereocenters. The number of nitrogens with two attached hydrogens (primary N) is 1. The van der Waals surface area contributed by atoms with Crippen LogP contribution in [-0.4, -0.2) is 33.6 Å². The molecule has 0 spiro atoms. The molecule has 0 heterocycles. The van der Waals surface area contributed by atoms with E-state index in [1.807, 2.05) is 0 Å². The first-order valence-corrected chi connectivity index (χ1v) is 8.75. The van der Waals surface area contributed by atoms with Crippen LogP contribution in [-0.2, 0) is 14.8 Å². The number of nitrogens with one attached hydrogen (secondary N) is 1. The maximum absolute atomic E-state index is 12.7. The number of sulfonamides is 1. The lowest BCUT2D eigenvalue weighted by Crippen LogP contribution is -2.51. The van der Waals surface area contributed by atoms with Gasteiger partial charge in [0.1, 0.15) is 0 Å². The lowest BCUT2D eigenvalue weighted by atomic mass is 10.0. The van der Waals surface area contributed by atoms with Crippen LogP contribution in [0.1, 0.15) is 41.6 Å². The highest BCUT2D eigenvalue weighted by Gasteiger charge is 2.37. The van der Waals surface area contributed by atoms with E-state index in [-0.39, 0.29) is 29.4 Å². The molecule has 23 heavy (non-hydrogen) atoms. The Morgan fingerprint density at radius 1 is 1.35 bits per heavy atom. The summed E-state index contributed by atoms with van der Waals surface area (Å²) in [6.07, 6.45) is 3.39. The fourth-order valence-electron chi connectivity index (χ4n) is 2.98. The minimum atomic E-state index is -3.75. The molecule has 1 fully saturated rings. The van der Waals surface area contributed by atoms with E-state index in [9.17, 15) is 13.2 Å². The third-order valence-electron chi connectivity index (χ3n) is 4.28. The zero-order chi connectivity index (χ0) is 16.4. The van der Waals surface area contributed by atoms with Crippen molar-refractivity contribution in [1.29, 1.82) is 0 Å². The van der Waals surface area contributed by atoms with Crippen LogP contribution in [0.15, 0.2) is 23.1 Å². The maximum Gasteiger partial charge on any atom is 0.338 e. The second kappa shape index (κ2) is 7.61. The Kier molecular flexibility index (Phi) is 6.59. The molecular formula is C15H23ClN2O4S. The van der Waals surface area contributed by atoms with E-state index in [0.717, 1.165) is 25.7 Å². The molecule has 0 amide bonds. The Hall–Kier alpha value is -1.15. The highest BCUT2D eigenvalue weighted by Crippen LogP contribution is 2.31. The molecule has 1 aliphatic carbocycles. The molecule has 0 saturated heterocycles. The molecule has 0 radical (unpaired) electrons. The fraction of sp³-hybridized carbons (Fsp3) is 0.533. The molecule has 2 rings (SSSR count). The van der Waals surface area contributed by atoms with Crippen LogP contribution in [0, 0.1) is 6.92 Å². The second-order valence-corrected chi connectivity index (χ2v) is 7.37. The van der Waals surface area contributed by atoms with E-state index in [2.05, 4.69) is 9.46 Å². The maximum atomic E-state index is 12.7. The van der Waals surface area contributed by atoms with Crippen molar-refractivity contribution < 1.29 is 17.9 Å². The van der Waals surface area contributed by atoms with Crippen LogP contribution in [0.4, 0.5) is 0 Å². The van der Waals surface area contributed by atoms with E-state index in [1.165, 1.54) is 19.2 Å². The smallest absolute Gasteiger partial charge is 0.338 e. The van der Waals surface area contributed by atoms with Crippen molar-refractivity contribution in [3.05, 3.63) is 29.3 Å². The highest BCUT2D eigenvalue weighted by molar-refractivity contribution is 7.89. The standard InChI is InChI=1S/C15H22N2O4S.ClH/c1-11-12(14(18)21-2)6-5-7-13(11)22(19,20)17-15(10-16)8-3-4-9-15;/h5-7,17H,3-4,8-10,16H2,1-2H3;1H. The average Bonchev–Trinajstić information content (AvgIpc) is 2.95. The van der Waals surface area contributed by atoms with Gasteiger partial charge in [-0.2, -0.15) is 0 Å². The quantitative estimate of drug-likeness (QED) is 0.777. The van der Waals surface area contributed by atoms with E-state index < -0.39 is 21.5 Å². The van der Waals surface area contributed by atoms with Crippen molar-refractivity contribution in [3.8, 4) is 0 Å². The van der Waals surface area contributed by atoms with Crippen LogP contribution in [0.25, 0.3) is 0 Å². The van der Waals surface area contributed by atoms with Crippen LogP contribution < -0.4 is 10.5 Å². The molecule has 0 bridgehead atoms. The molecule has 0 aliphatic heterocycles. The van der Waals surface area contributed by atoms with Gasteiger partial charge >= 0.3 is 5.97 Å². The molecule has 1 aliphatic rings. The van der Waals surface area contributed by atoms with Gasteiger partial charge in [0, 0.05) is 12.1 Å². The third kappa shape index (κ3) is 4.03. The SMILES string of the molecule is COC(=O)c1cccc(S(=O)(=O)NC2(CN)CCCC2)c1C.Cl. The first-order chi connectivity index (χ1) is 10.4. The number of esters is 1. The Morgan fingerprint density at radius 3 is 2.48 bits per heavy atom. The molecule has 1 aromatic carbocycles. The van der Waals surface area contributed by atoms with Crippen molar-refractivity contribution in [3.63, 3.8) is 0 Å². The second-order valence-electron chi connectivity index (χ2n) is 5.72. The Bertz CT molecular complexity index is 670. The lowest BCUT2D eigenvalue weighted by molar-refractivity contribution is 0.0599. The summed E-state index contributed by atoms with van der Waals surface area (Å²) in [6, 6.07) is 4.58. The summed E-state index contributed by atoms with van der Waals surface area (Å²) in [5.41, 5.74) is 5.84. The molecule has 130 valence electrons. The predicted octanol–water partition coefficient (Wildman–Crippen LogP) is 1.75. The lowest BCUT2D eigenvalue weighted by Gasteiger charge is -2.28. The molecule has 3 N–H and O–H groups in total. The summed E-state index contributed by atoms with van der Waals surface area (Å²) in [5.74, 6) is -0.552. The molecule has 1 saturated carbocycles. The topological polar surface area (TPSA) is 98.5 Å². The van der Waals surface area contributed by atoms with E-state index in [0.29, 0.717) is 5.56 Å². The van der Waals surface area contributed by atoms with Crippen LogP contribution in [0.3, 0.4) is 0 Å². The van der Waals surface area contributed by atoms with Gasteiger partial charge in [-0.15, -0.1) is 12.4 Å². The normalized spacial score (nSPS) is 16.7. The molecule has 0 aromatic heterocycles. The molecule has 6 nitrogen and oxygen atoms in total. The monoisotopic (exact) mass is 362 g/mol. The first kappa shape index (κ1) is 19.9. The zero-order valence-electron chi connectivity index (χ0n) is 13.3. The Balaban J connectivity index is 0.00000264. The van der Waals surface area contributed by atoms with Crippen LogP contribution in [0.5, 0.6) is 0 Å².